The third-order valence-corrected chi connectivity index (χ3v) is 11.1. The Morgan fingerprint density at radius 2 is 1.32 bits per heavy atom. The quantitative estimate of drug-likeness (QED) is 0.0370. The highest BCUT2D eigenvalue weighted by Gasteiger charge is 2.44. The molecular weight excluding hydrogens is 765 g/mol. The lowest BCUT2D eigenvalue weighted by molar-refractivity contribution is -1.09. The maximum atomic E-state index is 13.5. The van der Waals surface area contributed by atoms with E-state index in [4.69, 9.17) is 28.5 Å². The molecule has 6 rings (SSSR count). The van der Waals surface area contributed by atoms with Crippen LogP contribution in [0.15, 0.2) is 126 Å². The number of rotatable bonds is 20. The van der Waals surface area contributed by atoms with Crippen molar-refractivity contribution in [3.8, 4) is 11.5 Å². The molecule has 13 heteroatoms. The van der Waals surface area contributed by atoms with Gasteiger partial charge in [-0.1, -0.05) is 84.9 Å². The molecule has 5 aromatic rings. The van der Waals surface area contributed by atoms with Gasteiger partial charge in [-0.05, 0) is 73.4 Å². The molecule has 1 aliphatic heterocycles. The number of anilines is 1. The molecule has 0 spiro atoms. The molecule has 1 saturated heterocycles. The van der Waals surface area contributed by atoms with Crippen molar-refractivity contribution in [2.75, 3.05) is 45.8 Å². The van der Waals surface area contributed by atoms with Crippen LogP contribution in [0.4, 0.5) is 5.82 Å². The van der Waals surface area contributed by atoms with Crippen molar-refractivity contribution in [2.45, 2.75) is 70.6 Å². The first-order chi connectivity index (χ1) is 29.1. The van der Waals surface area contributed by atoms with Gasteiger partial charge in [0.15, 0.2) is 0 Å². The smallest absolute Gasteiger partial charge is 0.367 e. The van der Waals surface area contributed by atoms with Gasteiger partial charge in [-0.15, -0.1) is 4.65 Å². The number of esters is 1. The van der Waals surface area contributed by atoms with Gasteiger partial charge in [-0.3, -0.25) is 14.2 Å². The fraction of sp³-hybridized carbons (Fsp3) is 0.362. The SMILES string of the molecule is CC[N+](CC)(CC)OC(=O)CCC(=O)O[C@H]1C[C@H](n2ccc(NCc3ccccc3)nc2=O)O[C@@H]1COC(c1ccccc1)(c1ccc(OC)cc1)c1ccc(OC)cc1. The summed E-state index contributed by atoms with van der Waals surface area (Å²) in [6.45, 7) is 8.13. The van der Waals surface area contributed by atoms with Gasteiger partial charge >= 0.3 is 17.6 Å². The normalized spacial score (nSPS) is 16.5. The summed E-state index contributed by atoms with van der Waals surface area (Å²) < 4.78 is 32.4. The van der Waals surface area contributed by atoms with Crippen LogP contribution in [0.3, 0.4) is 0 Å². The van der Waals surface area contributed by atoms with Gasteiger partial charge in [0.2, 0.25) is 0 Å². The van der Waals surface area contributed by atoms with E-state index >= 15 is 0 Å². The number of benzene rings is 4. The number of nitrogens with one attached hydrogen (secondary N) is 1. The highest BCUT2D eigenvalue weighted by atomic mass is 16.7. The van der Waals surface area contributed by atoms with Crippen LogP contribution >= 0.6 is 0 Å². The molecule has 0 saturated carbocycles. The zero-order chi connectivity index (χ0) is 42.5. The van der Waals surface area contributed by atoms with Gasteiger partial charge in [0.25, 0.3) is 0 Å². The second-order valence-electron chi connectivity index (χ2n) is 14.5. The number of ether oxygens (including phenoxy) is 5. The van der Waals surface area contributed by atoms with E-state index in [2.05, 4.69) is 10.3 Å². The predicted molar refractivity (Wildman–Crippen MR) is 226 cm³/mol. The Bertz CT molecular complexity index is 2140. The molecule has 0 aliphatic carbocycles. The molecule has 0 radical (unpaired) electrons. The summed E-state index contributed by atoms with van der Waals surface area (Å²) in [5, 5.41) is 3.20. The van der Waals surface area contributed by atoms with Gasteiger partial charge in [-0.25, -0.2) is 9.59 Å². The predicted octanol–water partition coefficient (Wildman–Crippen LogP) is 7.20. The molecule has 0 unspecified atom stereocenters. The van der Waals surface area contributed by atoms with Crippen molar-refractivity contribution >= 4 is 17.8 Å². The molecule has 3 atom stereocenters. The van der Waals surface area contributed by atoms with Crippen molar-refractivity contribution in [3.05, 3.63) is 154 Å². The van der Waals surface area contributed by atoms with Gasteiger partial charge in [0, 0.05) is 19.2 Å². The molecular formula is C47H55N4O9+. The summed E-state index contributed by atoms with van der Waals surface area (Å²) in [6, 6.07) is 36.6. The van der Waals surface area contributed by atoms with Crippen LogP contribution < -0.4 is 20.5 Å². The number of aromatic nitrogens is 2. The van der Waals surface area contributed by atoms with Gasteiger partial charge in [-0.2, -0.15) is 4.98 Å². The van der Waals surface area contributed by atoms with E-state index in [1.807, 2.05) is 130 Å². The molecule has 1 aliphatic rings. The van der Waals surface area contributed by atoms with E-state index in [0.717, 1.165) is 22.3 Å². The lowest BCUT2D eigenvalue weighted by Crippen LogP contribution is -2.48. The maximum absolute atomic E-state index is 13.5. The standard InChI is InChI=1S/C47H54N4O9/c1-6-51(7-2,8-3)60-45(53)28-27-44(52)59-40-31-43(50-30-29-42(49-46(50)54)48-32-34-15-11-9-12-16-34)58-41(40)33-57-47(35-17-13-10-14-18-35,36-19-23-38(55-4)24-20-36)37-21-25-39(56-5)26-22-37/h9-26,29-30,40-41,43H,6-8,27-28,31-33H2,1-5H3/p+1/t40-,41+,43+/m0/s1. The third kappa shape index (κ3) is 10.2. The Labute approximate surface area is 351 Å². The largest absolute Gasteiger partial charge is 0.497 e. The minimum Gasteiger partial charge on any atom is -0.497 e. The lowest BCUT2D eigenvalue weighted by atomic mass is 9.80. The first-order valence-electron chi connectivity index (χ1n) is 20.4. The number of carbonyl (C=O) groups excluding carboxylic acids is 2. The van der Waals surface area contributed by atoms with Crippen LogP contribution in [-0.4, -0.2) is 78.8 Å². The van der Waals surface area contributed by atoms with Crippen LogP contribution in [0.2, 0.25) is 0 Å². The lowest BCUT2D eigenvalue weighted by Gasteiger charge is -2.37. The molecule has 0 amide bonds. The summed E-state index contributed by atoms with van der Waals surface area (Å²) in [5.74, 6) is 0.688. The summed E-state index contributed by atoms with van der Waals surface area (Å²) in [4.78, 5) is 50.0. The fourth-order valence-corrected chi connectivity index (χ4v) is 7.50. The van der Waals surface area contributed by atoms with Crippen LogP contribution in [0, 0.1) is 0 Å². The molecule has 0 bridgehead atoms. The zero-order valence-electron chi connectivity index (χ0n) is 35.0. The van der Waals surface area contributed by atoms with Crippen molar-refractivity contribution < 1.29 is 42.8 Å². The van der Waals surface area contributed by atoms with Gasteiger partial charge < -0.3 is 29.0 Å². The highest BCUT2D eigenvalue weighted by molar-refractivity contribution is 5.77. The number of hydroxylamine groups is 3. The molecule has 4 aromatic carbocycles. The summed E-state index contributed by atoms with van der Waals surface area (Å²) in [7, 11) is 3.22. The topological polar surface area (TPSA) is 136 Å². The Balaban J connectivity index is 1.30. The Kier molecular flexibility index (Phi) is 14.7. The zero-order valence-corrected chi connectivity index (χ0v) is 35.0. The maximum Gasteiger partial charge on any atom is 0.367 e. The van der Waals surface area contributed by atoms with E-state index in [1.165, 1.54) is 4.57 Å². The van der Waals surface area contributed by atoms with E-state index in [9.17, 15) is 14.4 Å². The molecule has 1 aromatic heterocycles. The molecule has 1 fully saturated rings. The van der Waals surface area contributed by atoms with E-state index in [-0.39, 0.29) is 30.5 Å². The minimum absolute atomic E-state index is 0.0637. The minimum atomic E-state index is -1.19. The average Bonchev–Trinajstić information content (AvgIpc) is 3.69. The second-order valence-corrected chi connectivity index (χ2v) is 14.5. The first kappa shape index (κ1) is 43.6. The van der Waals surface area contributed by atoms with Crippen molar-refractivity contribution in [2.24, 2.45) is 0 Å². The first-order valence-corrected chi connectivity index (χ1v) is 20.4. The Morgan fingerprint density at radius 3 is 1.87 bits per heavy atom. The van der Waals surface area contributed by atoms with Crippen LogP contribution in [0.5, 0.6) is 11.5 Å². The number of hydrogen-bond acceptors (Lipinski definition) is 11. The molecule has 1 N–H and O–H groups in total. The molecule has 13 nitrogen and oxygen atoms in total. The van der Waals surface area contributed by atoms with E-state index in [1.54, 1.807) is 26.5 Å². The molecule has 60 heavy (non-hydrogen) atoms. The van der Waals surface area contributed by atoms with Gasteiger partial charge in [0.05, 0.1) is 33.7 Å². The molecule has 316 valence electrons. The van der Waals surface area contributed by atoms with Crippen LogP contribution in [0.25, 0.3) is 0 Å². The Morgan fingerprint density at radius 1 is 0.767 bits per heavy atom. The monoisotopic (exact) mass is 819 g/mol. The van der Waals surface area contributed by atoms with Gasteiger partial charge in [0.1, 0.15) is 61.0 Å². The number of quaternary nitrogens is 1. The summed E-state index contributed by atoms with van der Waals surface area (Å²) in [6.07, 6.45) is -1.11. The average molecular weight is 820 g/mol. The van der Waals surface area contributed by atoms with E-state index in [0.29, 0.717) is 43.5 Å². The van der Waals surface area contributed by atoms with E-state index < -0.39 is 41.7 Å². The summed E-state index contributed by atoms with van der Waals surface area (Å²) >= 11 is 0. The number of hydrogen-bond donors (Lipinski definition) is 1. The number of carbonyl (C=O) groups is 2. The van der Waals surface area contributed by atoms with Crippen molar-refractivity contribution in [1.82, 2.24) is 9.55 Å². The third-order valence-electron chi connectivity index (χ3n) is 11.1. The number of nitrogens with zero attached hydrogens (tertiary/aromatic N) is 3. The Hall–Kier alpha value is -6.02. The van der Waals surface area contributed by atoms with Crippen molar-refractivity contribution in [3.63, 3.8) is 0 Å². The highest BCUT2D eigenvalue weighted by Crippen LogP contribution is 2.43. The summed E-state index contributed by atoms with van der Waals surface area (Å²) in [5.41, 5.74) is 1.77. The second kappa shape index (κ2) is 20.3. The fourth-order valence-electron chi connectivity index (χ4n) is 7.50. The van der Waals surface area contributed by atoms with Crippen LogP contribution in [0.1, 0.15) is 68.5 Å². The van der Waals surface area contributed by atoms with Crippen LogP contribution in [-0.2, 0) is 40.8 Å². The van der Waals surface area contributed by atoms with Crippen molar-refractivity contribution in [1.29, 1.82) is 0 Å². The molecule has 2 heterocycles. The number of methoxy groups -OCH3 is 2.